The number of ether oxygens (including phenoxy) is 2. The normalized spacial score (nSPS) is 22.3. The maximum atomic E-state index is 13.7. The van der Waals surface area contributed by atoms with Gasteiger partial charge in [-0.15, -0.1) is 0 Å². The van der Waals surface area contributed by atoms with Gasteiger partial charge in [0.25, 0.3) is 5.91 Å². The Kier molecular flexibility index (Phi) is 8.12. The number of unbranched alkanes of at least 4 members (excludes halogenated alkanes) is 1. The fraction of sp³-hybridized carbons (Fsp3) is 0.345. The summed E-state index contributed by atoms with van der Waals surface area (Å²) in [6, 6.07) is 29.3. The first-order valence-electron chi connectivity index (χ1n) is 12.0. The summed E-state index contributed by atoms with van der Waals surface area (Å²) < 4.78 is 12.5. The molecular weight excluding hydrogens is 426 g/mol. The predicted molar refractivity (Wildman–Crippen MR) is 132 cm³/mol. The highest BCUT2D eigenvalue weighted by Gasteiger charge is 2.59. The molecule has 1 amide bonds. The Balaban J connectivity index is 1.63. The molecule has 0 aliphatic carbocycles. The Bertz CT molecular complexity index is 1030. The van der Waals surface area contributed by atoms with Crippen LogP contribution in [0.2, 0.25) is 0 Å². The monoisotopic (exact) mass is 459 g/mol. The van der Waals surface area contributed by atoms with E-state index < -0.39 is 17.9 Å². The third-order valence-electron chi connectivity index (χ3n) is 6.33. The Morgan fingerprint density at radius 2 is 1.29 bits per heavy atom. The minimum atomic E-state index is -1.46. The highest BCUT2D eigenvalue weighted by atomic mass is 16.6. The van der Waals surface area contributed by atoms with Crippen molar-refractivity contribution in [1.82, 2.24) is 4.90 Å². The summed E-state index contributed by atoms with van der Waals surface area (Å²) in [5.41, 5.74) is 1.45. The van der Waals surface area contributed by atoms with Crippen molar-refractivity contribution in [2.24, 2.45) is 0 Å². The Morgan fingerprint density at radius 1 is 0.794 bits per heavy atom. The van der Waals surface area contributed by atoms with Gasteiger partial charge in [-0.2, -0.15) is 0 Å². The summed E-state index contributed by atoms with van der Waals surface area (Å²) in [7, 11) is 0. The molecule has 34 heavy (non-hydrogen) atoms. The van der Waals surface area contributed by atoms with E-state index in [2.05, 4.69) is 6.92 Å². The summed E-state index contributed by atoms with van der Waals surface area (Å²) in [5, 5.41) is 12.0. The van der Waals surface area contributed by atoms with Crippen LogP contribution in [0.3, 0.4) is 0 Å². The minimum Gasteiger partial charge on any atom is -0.368 e. The zero-order valence-corrected chi connectivity index (χ0v) is 19.7. The van der Waals surface area contributed by atoms with Crippen molar-refractivity contribution in [2.45, 2.75) is 63.9 Å². The number of hydrogen-bond donors (Lipinski definition) is 1. The second kappa shape index (κ2) is 11.4. The molecule has 178 valence electrons. The highest BCUT2D eigenvalue weighted by Crippen LogP contribution is 2.38. The molecule has 0 aromatic heterocycles. The minimum absolute atomic E-state index is 0.239. The zero-order valence-electron chi connectivity index (χ0n) is 19.7. The number of carbonyl (C=O) groups excluding carboxylic acids is 1. The van der Waals surface area contributed by atoms with Crippen LogP contribution in [0.25, 0.3) is 0 Å². The largest absolute Gasteiger partial charge is 0.368 e. The van der Waals surface area contributed by atoms with Crippen LogP contribution in [0.1, 0.15) is 42.9 Å². The maximum Gasteiger partial charge on any atom is 0.257 e. The topological polar surface area (TPSA) is 59.0 Å². The molecule has 0 radical (unpaired) electrons. The van der Waals surface area contributed by atoms with Gasteiger partial charge < -0.3 is 19.5 Å². The molecule has 4 rings (SSSR count). The van der Waals surface area contributed by atoms with Crippen LogP contribution in [0.4, 0.5) is 0 Å². The summed E-state index contributed by atoms with van der Waals surface area (Å²) >= 11 is 0. The number of amides is 1. The van der Waals surface area contributed by atoms with Crippen molar-refractivity contribution in [3.63, 3.8) is 0 Å². The number of carbonyl (C=O) groups is 1. The van der Waals surface area contributed by atoms with Crippen LogP contribution in [0, 0.1) is 0 Å². The molecule has 0 bridgehead atoms. The summed E-state index contributed by atoms with van der Waals surface area (Å²) in [5.74, 6) is -0.239. The van der Waals surface area contributed by atoms with Gasteiger partial charge in [-0.25, -0.2) is 0 Å². The van der Waals surface area contributed by atoms with Gasteiger partial charge in [-0.3, -0.25) is 4.79 Å². The van der Waals surface area contributed by atoms with E-state index in [1.54, 1.807) is 4.90 Å². The van der Waals surface area contributed by atoms with Crippen molar-refractivity contribution >= 4 is 5.91 Å². The van der Waals surface area contributed by atoms with E-state index in [0.717, 1.165) is 29.5 Å². The Morgan fingerprint density at radius 3 is 1.82 bits per heavy atom. The molecule has 3 unspecified atom stereocenters. The van der Waals surface area contributed by atoms with Crippen molar-refractivity contribution in [3.8, 4) is 0 Å². The summed E-state index contributed by atoms with van der Waals surface area (Å²) in [6.07, 6.45) is 0.392. The fourth-order valence-corrected chi connectivity index (χ4v) is 4.46. The van der Waals surface area contributed by atoms with Crippen LogP contribution in [0.15, 0.2) is 91.0 Å². The van der Waals surface area contributed by atoms with Crippen molar-refractivity contribution in [1.29, 1.82) is 0 Å². The van der Waals surface area contributed by atoms with E-state index in [9.17, 15) is 9.90 Å². The van der Waals surface area contributed by atoms with E-state index in [1.807, 2.05) is 91.0 Å². The average molecular weight is 460 g/mol. The van der Waals surface area contributed by atoms with Gasteiger partial charge >= 0.3 is 0 Å². The van der Waals surface area contributed by atoms with Crippen molar-refractivity contribution < 1.29 is 19.4 Å². The third kappa shape index (κ3) is 5.55. The first-order valence-corrected chi connectivity index (χ1v) is 12.0. The zero-order chi connectivity index (χ0) is 23.8. The average Bonchev–Trinajstić information content (AvgIpc) is 3.08. The van der Waals surface area contributed by atoms with Gasteiger partial charge in [0.1, 0.15) is 6.10 Å². The Hall–Kier alpha value is -2.99. The van der Waals surface area contributed by atoms with Gasteiger partial charge in [-0.05, 0) is 29.5 Å². The van der Waals surface area contributed by atoms with Gasteiger partial charge in [-0.1, -0.05) is 104 Å². The van der Waals surface area contributed by atoms with E-state index in [-0.39, 0.29) is 19.1 Å². The number of rotatable bonds is 11. The lowest BCUT2D eigenvalue weighted by Gasteiger charge is -2.37. The molecule has 1 heterocycles. The fourth-order valence-electron chi connectivity index (χ4n) is 4.46. The van der Waals surface area contributed by atoms with Crippen molar-refractivity contribution in [2.75, 3.05) is 0 Å². The molecule has 1 aliphatic heterocycles. The molecule has 0 spiro atoms. The molecule has 5 nitrogen and oxygen atoms in total. The molecule has 1 saturated heterocycles. The number of nitrogens with zero attached hydrogens (tertiary/aromatic N) is 1. The van der Waals surface area contributed by atoms with E-state index in [0.29, 0.717) is 13.0 Å². The second-order valence-electron chi connectivity index (χ2n) is 8.83. The number of hydrogen-bond acceptors (Lipinski definition) is 4. The summed E-state index contributed by atoms with van der Waals surface area (Å²) in [4.78, 5) is 15.3. The van der Waals surface area contributed by atoms with Crippen molar-refractivity contribution in [3.05, 3.63) is 108 Å². The van der Waals surface area contributed by atoms with Gasteiger partial charge in [0.05, 0.1) is 13.2 Å². The second-order valence-corrected chi connectivity index (χ2v) is 8.83. The number of aliphatic hydroxyl groups is 1. The van der Waals surface area contributed by atoms with Gasteiger partial charge in [0, 0.05) is 6.54 Å². The van der Waals surface area contributed by atoms with Gasteiger partial charge in [0.15, 0.2) is 11.8 Å². The SMILES string of the molecule is CCCCC1(O)C(OCc2ccccc2)C(OCc2ccccc2)C(=O)N1Cc1ccccc1. The molecule has 0 saturated carbocycles. The lowest BCUT2D eigenvalue weighted by Crippen LogP contribution is -2.52. The predicted octanol–water partition coefficient (Wildman–Crippen LogP) is 5.08. The molecule has 3 aromatic rings. The molecule has 1 aliphatic rings. The smallest absolute Gasteiger partial charge is 0.257 e. The first-order chi connectivity index (χ1) is 16.6. The Labute approximate surface area is 201 Å². The molecule has 1 N–H and O–H groups in total. The molecule has 3 atom stereocenters. The quantitative estimate of drug-likeness (QED) is 0.435. The van der Waals surface area contributed by atoms with Gasteiger partial charge in [0.2, 0.25) is 0 Å². The van der Waals surface area contributed by atoms with E-state index >= 15 is 0 Å². The molecule has 1 fully saturated rings. The molecule has 3 aromatic carbocycles. The summed E-state index contributed by atoms with van der Waals surface area (Å²) in [6.45, 7) is 2.93. The van der Waals surface area contributed by atoms with Crippen LogP contribution in [-0.2, 0) is 34.0 Å². The lowest BCUT2D eigenvalue weighted by atomic mass is 9.98. The van der Waals surface area contributed by atoms with Crippen LogP contribution < -0.4 is 0 Å². The van der Waals surface area contributed by atoms with E-state index in [1.165, 1.54) is 0 Å². The number of benzene rings is 3. The van der Waals surface area contributed by atoms with Crippen LogP contribution in [-0.4, -0.2) is 33.8 Å². The van der Waals surface area contributed by atoms with Crippen LogP contribution in [0.5, 0.6) is 0 Å². The third-order valence-corrected chi connectivity index (χ3v) is 6.33. The first kappa shape index (κ1) is 24.1. The maximum absolute atomic E-state index is 13.7. The highest BCUT2D eigenvalue weighted by molar-refractivity contribution is 5.85. The molecule has 5 heteroatoms. The molecular formula is C29H33NO4. The van der Waals surface area contributed by atoms with E-state index in [4.69, 9.17) is 9.47 Å². The lowest BCUT2D eigenvalue weighted by molar-refractivity contribution is -0.188. The standard InChI is InChI=1S/C29H33NO4/c1-2-3-19-29(32)27(34-22-25-17-11-6-12-18-25)26(33-21-24-15-9-5-10-16-24)28(31)30(29)20-23-13-7-4-8-14-23/h4-18,26-27,32H,2-3,19-22H2,1H3. The van der Waals surface area contributed by atoms with Crippen LogP contribution >= 0.6 is 0 Å². The number of likely N-dealkylation sites (tertiary alicyclic amines) is 1.